The summed E-state index contributed by atoms with van der Waals surface area (Å²) in [6.07, 6.45) is 0.405. The highest BCUT2D eigenvalue weighted by molar-refractivity contribution is 6.06. The molecule has 1 aliphatic carbocycles. The number of pyridine rings is 1. The van der Waals surface area contributed by atoms with Crippen LogP contribution in [0.5, 0.6) is 0 Å². The normalized spacial score (nSPS) is 12.2. The lowest BCUT2D eigenvalue weighted by atomic mass is 10.0. The number of rotatable bonds is 1. The van der Waals surface area contributed by atoms with Crippen LogP contribution in [0.2, 0.25) is 0 Å². The molecule has 21 heavy (non-hydrogen) atoms. The van der Waals surface area contributed by atoms with Gasteiger partial charge in [-0.15, -0.1) is 0 Å². The SMILES string of the molecule is O=C(O)c1c2c(nc3ccccc13)-c1ccc(F)cc1C2. The van der Waals surface area contributed by atoms with Crippen molar-refractivity contribution in [3.05, 3.63) is 65.0 Å². The van der Waals surface area contributed by atoms with Crippen molar-refractivity contribution in [2.75, 3.05) is 0 Å². The first-order chi connectivity index (χ1) is 10.1. The minimum absolute atomic E-state index is 0.271. The Kier molecular flexibility index (Phi) is 2.36. The molecule has 0 bridgehead atoms. The second-order valence-corrected chi connectivity index (χ2v) is 5.11. The third-order valence-electron chi connectivity index (χ3n) is 3.90. The van der Waals surface area contributed by atoms with Crippen molar-refractivity contribution in [1.82, 2.24) is 4.98 Å². The van der Waals surface area contributed by atoms with Crippen LogP contribution in [0.15, 0.2) is 42.5 Å². The molecule has 1 N–H and O–H groups in total. The molecular formula is C17H10FNO2. The van der Waals surface area contributed by atoms with Gasteiger partial charge >= 0.3 is 5.97 Å². The summed E-state index contributed by atoms with van der Waals surface area (Å²) in [7, 11) is 0. The van der Waals surface area contributed by atoms with E-state index >= 15 is 0 Å². The smallest absolute Gasteiger partial charge is 0.336 e. The number of para-hydroxylation sites is 1. The molecule has 0 aliphatic heterocycles. The first-order valence-corrected chi connectivity index (χ1v) is 6.59. The highest BCUT2D eigenvalue weighted by Crippen LogP contribution is 2.39. The van der Waals surface area contributed by atoms with Crippen molar-refractivity contribution >= 4 is 16.9 Å². The summed E-state index contributed by atoms with van der Waals surface area (Å²) in [5, 5.41) is 10.2. The van der Waals surface area contributed by atoms with Gasteiger partial charge in [-0.3, -0.25) is 0 Å². The zero-order valence-corrected chi connectivity index (χ0v) is 10.9. The monoisotopic (exact) mass is 279 g/mol. The number of hydrogen-bond donors (Lipinski definition) is 1. The van der Waals surface area contributed by atoms with Gasteiger partial charge < -0.3 is 5.11 Å². The third kappa shape index (κ3) is 1.65. The molecule has 2 aromatic carbocycles. The molecule has 0 atom stereocenters. The molecule has 1 aromatic heterocycles. The minimum atomic E-state index is -0.974. The van der Waals surface area contributed by atoms with Gasteiger partial charge in [-0.25, -0.2) is 14.2 Å². The predicted octanol–water partition coefficient (Wildman–Crippen LogP) is 3.64. The van der Waals surface area contributed by atoms with Gasteiger partial charge in [-0.05, 0) is 35.4 Å². The summed E-state index contributed by atoms with van der Waals surface area (Å²) < 4.78 is 13.4. The van der Waals surface area contributed by atoms with E-state index in [4.69, 9.17) is 0 Å². The number of halogens is 1. The maximum Gasteiger partial charge on any atom is 0.336 e. The second kappa shape index (κ2) is 4.12. The first-order valence-electron chi connectivity index (χ1n) is 6.59. The van der Waals surface area contributed by atoms with Crippen molar-refractivity contribution in [3.63, 3.8) is 0 Å². The molecule has 0 saturated carbocycles. The van der Waals surface area contributed by atoms with E-state index in [-0.39, 0.29) is 11.4 Å². The predicted molar refractivity (Wildman–Crippen MR) is 76.9 cm³/mol. The Morgan fingerprint density at radius 1 is 1.19 bits per heavy atom. The summed E-state index contributed by atoms with van der Waals surface area (Å²) in [5.41, 5.74) is 3.84. The molecule has 4 heteroatoms. The van der Waals surface area contributed by atoms with Gasteiger partial charge in [0.15, 0.2) is 0 Å². The van der Waals surface area contributed by atoms with E-state index in [1.54, 1.807) is 24.3 Å². The van der Waals surface area contributed by atoms with Gasteiger partial charge in [0.1, 0.15) is 5.82 Å². The molecule has 1 heterocycles. The van der Waals surface area contributed by atoms with E-state index in [1.165, 1.54) is 12.1 Å². The van der Waals surface area contributed by atoms with Crippen LogP contribution in [0.1, 0.15) is 21.5 Å². The van der Waals surface area contributed by atoms with Gasteiger partial charge in [0.2, 0.25) is 0 Å². The van der Waals surface area contributed by atoms with E-state index in [1.807, 2.05) is 6.07 Å². The Morgan fingerprint density at radius 2 is 2.00 bits per heavy atom. The van der Waals surface area contributed by atoms with Crippen LogP contribution in [-0.2, 0) is 6.42 Å². The maximum absolute atomic E-state index is 13.4. The molecule has 0 radical (unpaired) electrons. The van der Waals surface area contributed by atoms with Crippen LogP contribution in [0, 0.1) is 5.82 Å². The summed E-state index contributed by atoms with van der Waals surface area (Å²) in [5.74, 6) is -1.29. The maximum atomic E-state index is 13.4. The number of carboxylic acids is 1. The lowest BCUT2D eigenvalue weighted by Crippen LogP contribution is -2.04. The Morgan fingerprint density at radius 3 is 2.81 bits per heavy atom. The molecular weight excluding hydrogens is 269 g/mol. The Labute approximate surface area is 119 Å². The lowest BCUT2D eigenvalue weighted by Gasteiger charge is -2.08. The van der Waals surface area contributed by atoms with E-state index < -0.39 is 5.97 Å². The highest BCUT2D eigenvalue weighted by Gasteiger charge is 2.27. The van der Waals surface area contributed by atoms with E-state index in [0.717, 1.165) is 11.1 Å². The van der Waals surface area contributed by atoms with Gasteiger partial charge in [0, 0.05) is 17.4 Å². The van der Waals surface area contributed by atoms with E-state index in [9.17, 15) is 14.3 Å². The fraction of sp³-hybridized carbons (Fsp3) is 0.0588. The minimum Gasteiger partial charge on any atom is -0.478 e. The first kappa shape index (κ1) is 12.0. The zero-order chi connectivity index (χ0) is 14.6. The van der Waals surface area contributed by atoms with Crippen LogP contribution in [0.4, 0.5) is 4.39 Å². The van der Waals surface area contributed by atoms with Crippen LogP contribution in [0.25, 0.3) is 22.2 Å². The lowest BCUT2D eigenvalue weighted by molar-refractivity contribution is 0.0698. The third-order valence-corrected chi connectivity index (χ3v) is 3.90. The number of fused-ring (bicyclic) bond motifs is 4. The van der Waals surface area contributed by atoms with Crippen LogP contribution in [-0.4, -0.2) is 16.1 Å². The number of hydrogen-bond acceptors (Lipinski definition) is 2. The summed E-state index contributed by atoms with van der Waals surface area (Å²) in [6, 6.07) is 11.7. The molecule has 3 nitrogen and oxygen atoms in total. The van der Waals surface area contributed by atoms with Crippen LogP contribution in [0.3, 0.4) is 0 Å². The molecule has 0 amide bonds. The molecule has 0 saturated heterocycles. The molecule has 102 valence electrons. The Bertz CT molecular complexity index is 918. The van der Waals surface area contributed by atoms with Crippen molar-refractivity contribution in [1.29, 1.82) is 0 Å². The topological polar surface area (TPSA) is 50.2 Å². The standard InChI is InChI=1S/C17H10FNO2/c18-10-5-6-11-9(7-10)8-13-15(17(20)21)12-3-1-2-4-14(12)19-16(11)13/h1-7H,8H2,(H,20,21). The molecule has 1 aliphatic rings. The van der Waals surface area contributed by atoms with Crippen molar-refractivity contribution in [3.8, 4) is 11.3 Å². The molecule has 0 unspecified atom stereocenters. The number of carboxylic acid groups (broad SMARTS) is 1. The summed E-state index contributed by atoms with van der Waals surface area (Å²) in [6.45, 7) is 0. The number of carbonyl (C=O) groups is 1. The molecule has 4 rings (SSSR count). The van der Waals surface area contributed by atoms with Crippen molar-refractivity contribution < 1.29 is 14.3 Å². The molecule has 0 fully saturated rings. The quantitative estimate of drug-likeness (QED) is 0.578. The number of nitrogens with zero attached hydrogens (tertiary/aromatic N) is 1. The molecule has 3 aromatic rings. The fourth-order valence-electron chi connectivity index (χ4n) is 3.02. The van der Waals surface area contributed by atoms with Crippen LogP contribution < -0.4 is 0 Å². The largest absolute Gasteiger partial charge is 0.478 e. The van der Waals surface area contributed by atoms with Crippen molar-refractivity contribution in [2.45, 2.75) is 6.42 Å². The number of aromatic carboxylic acids is 1. The average molecular weight is 279 g/mol. The van der Waals surface area contributed by atoms with Gasteiger partial charge in [-0.2, -0.15) is 0 Å². The second-order valence-electron chi connectivity index (χ2n) is 5.11. The summed E-state index contributed by atoms with van der Waals surface area (Å²) >= 11 is 0. The summed E-state index contributed by atoms with van der Waals surface area (Å²) in [4.78, 5) is 16.3. The van der Waals surface area contributed by atoms with Gasteiger partial charge in [-0.1, -0.05) is 18.2 Å². The average Bonchev–Trinajstić information content (AvgIpc) is 2.80. The van der Waals surface area contributed by atoms with Crippen molar-refractivity contribution in [2.24, 2.45) is 0 Å². The number of aromatic nitrogens is 1. The van der Waals surface area contributed by atoms with E-state index in [0.29, 0.717) is 28.6 Å². The van der Waals surface area contributed by atoms with Gasteiger partial charge in [0.05, 0.1) is 16.8 Å². The molecule has 0 spiro atoms. The fourth-order valence-corrected chi connectivity index (χ4v) is 3.02. The Hall–Kier alpha value is -2.75. The highest BCUT2D eigenvalue weighted by atomic mass is 19.1. The number of benzene rings is 2. The zero-order valence-electron chi connectivity index (χ0n) is 10.9. The Balaban J connectivity index is 2.12. The van der Waals surface area contributed by atoms with Crippen LogP contribution >= 0.6 is 0 Å². The van der Waals surface area contributed by atoms with E-state index in [2.05, 4.69) is 4.98 Å². The van der Waals surface area contributed by atoms with Gasteiger partial charge in [0.25, 0.3) is 0 Å².